The van der Waals surface area contributed by atoms with Crippen molar-refractivity contribution in [1.82, 2.24) is 0 Å². The van der Waals surface area contributed by atoms with Crippen molar-refractivity contribution in [2.75, 3.05) is 12.3 Å². The van der Waals surface area contributed by atoms with Crippen molar-refractivity contribution in [3.8, 4) is 0 Å². The van der Waals surface area contributed by atoms with Crippen LogP contribution in [0.4, 0.5) is 10.1 Å². The van der Waals surface area contributed by atoms with Crippen molar-refractivity contribution in [2.45, 2.75) is 24.7 Å². The van der Waals surface area contributed by atoms with Crippen molar-refractivity contribution in [1.29, 1.82) is 0 Å². The molecule has 6 heteroatoms. The van der Waals surface area contributed by atoms with E-state index in [0.717, 1.165) is 17.4 Å². The van der Waals surface area contributed by atoms with E-state index in [9.17, 15) is 12.8 Å². The SMILES string of the molecule is CC1=Nc2c(cccc2S(=O)(=O)C/C(F)=C/CN)C1C. The number of rotatable bonds is 4. The summed E-state index contributed by atoms with van der Waals surface area (Å²) in [6.45, 7) is 3.80. The Morgan fingerprint density at radius 2 is 2.20 bits per heavy atom. The van der Waals surface area contributed by atoms with Crippen molar-refractivity contribution in [3.63, 3.8) is 0 Å². The highest BCUT2D eigenvalue weighted by molar-refractivity contribution is 7.91. The summed E-state index contributed by atoms with van der Waals surface area (Å²) in [7, 11) is -3.76. The highest BCUT2D eigenvalue weighted by Crippen LogP contribution is 2.40. The summed E-state index contributed by atoms with van der Waals surface area (Å²) in [6, 6.07) is 4.99. The van der Waals surface area contributed by atoms with Crippen LogP contribution in [0.1, 0.15) is 25.3 Å². The smallest absolute Gasteiger partial charge is 0.186 e. The first-order chi connectivity index (χ1) is 9.36. The molecular weight excluding hydrogens is 279 g/mol. The monoisotopic (exact) mass is 296 g/mol. The van der Waals surface area contributed by atoms with Crippen LogP contribution in [0.3, 0.4) is 0 Å². The molecule has 0 saturated heterocycles. The Morgan fingerprint density at radius 3 is 2.85 bits per heavy atom. The highest BCUT2D eigenvalue weighted by Gasteiger charge is 2.28. The summed E-state index contributed by atoms with van der Waals surface area (Å²) < 4.78 is 38.1. The molecule has 20 heavy (non-hydrogen) atoms. The van der Waals surface area contributed by atoms with Crippen LogP contribution in [0.5, 0.6) is 0 Å². The van der Waals surface area contributed by atoms with Gasteiger partial charge in [-0.05, 0) is 24.6 Å². The summed E-state index contributed by atoms with van der Waals surface area (Å²) in [4.78, 5) is 4.41. The summed E-state index contributed by atoms with van der Waals surface area (Å²) in [6.07, 6.45) is 1.07. The Morgan fingerprint density at radius 1 is 1.50 bits per heavy atom. The van der Waals surface area contributed by atoms with E-state index in [1.165, 1.54) is 6.07 Å². The zero-order valence-corrected chi connectivity index (χ0v) is 12.2. The van der Waals surface area contributed by atoms with E-state index < -0.39 is 21.4 Å². The molecule has 4 nitrogen and oxygen atoms in total. The minimum absolute atomic E-state index is 0.0253. The molecular formula is C14H17FN2O2S. The predicted molar refractivity (Wildman–Crippen MR) is 77.9 cm³/mol. The van der Waals surface area contributed by atoms with Gasteiger partial charge >= 0.3 is 0 Å². The molecule has 1 aliphatic rings. The Kier molecular flexibility index (Phi) is 4.06. The lowest BCUT2D eigenvalue weighted by molar-refractivity contribution is 0.583. The predicted octanol–water partition coefficient (Wildman–Crippen LogP) is 2.48. The normalized spacial score (nSPS) is 18.9. The average molecular weight is 296 g/mol. The molecule has 0 aromatic heterocycles. The summed E-state index contributed by atoms with van der Waals surface area (Å²) >= 11 is 0. The minimum atomic E-state index is -3.76. The van der Waals surface area contributed by atoms with Gasteiger partial charge in [0, 0.05) is 18.2 Å². The average Bonchev–Trinajstić information content (AvgIpc) is 2.65. The zero-order chi connectivity index (χ0) is 14.9. The van der Waals surface area contributed by atoms with Gasteiger partial charge in [0.15, 0.2) is 9.84 Å². The van der Waals surface area contributed by atoms with Crippen LogP contribution in [0, 0.1) is 0 Å². The van der Waals surface area contributed by atoms with Crippen LogP contribution >= 0.6 is 0 Å². The number of nitrogens with zero attached hydrogens (tertiary/aromatic N) is 1. The second-order valence-electron chi connectivity index (χ2n) is 4.81. The van der Waals surface area contributed by atoms with E-state index in [0.29, 0.717) is 5.69 Å². The van der Waals surface area contributed by atoms with Gasteiger partial charge < -0.3 is 5.73 Å². The molecule has 0 amide bonds. The molecule has 1 aliphatic heterocycles. The number of halogens is 1. The Hall–Kier alpha value is -1.53. The number of sulfone groups is 1. The van der Waals surface area contributed by atoms with Gasteiger partial charge in [0.1, 0.15) is 11.6 Å². The number of para-hydroxylation sites is 1. The van der Waals surface area contributed by atoms with E-state index in [1.807, 2.05) is 19.9 Å². The van der Waals surface area contributed by atoms with E-state index in [-0.39, 0.29) is 17.4 Å². The van der Waals surface area contributed by atoms with Gasteiger partial charge in [-0.25, -0.2) is 12.8 Å². The molecule has 0 saturated carbocycles. The molecule has 1 heterocycles. The van der Waals surface area contributed by atoms with Gasteiger partial charge in [0.25, 0.3) is 0 Å². The van der Waals surface area contributed by atoms with E-state index in [2.05, 4.69) is 4.99 Å². The fourth-order valence-electron chi connectivity index (χ4n) is 2.20. The number of hydrogen-bond donors (Lipinski definition) is 1. The molecule has 1 aromatic rings. The number of hydrogen-bond acceptors (Lipinski definition) is 4. The first kappa shape index (κ1) is 14.9. The third-order valence-corrected chi connectivity index (χ3v) is 5.07. The summed E-state index contributed by atoms with van der Waals surface area (Å²) in [5.74, 6) is -1.33. The lowest BCUT2D eigenvalue weighted by Gasteiger charge is -2.09. The minimum Gasteiger partial charge on any atom is -0.327 e. The van der Waals surface area contributed by atoms with Gasteiger partial charge in [-0.1, -0.05) is 19.1 Å². The summed E-state index contributed by atoms with van der Waals surface area (Å²) in [5.41, 5.74) is 7.35. The van der Waals surface area contributed by atoms with Crippen molar-refractivity contribution in [3.05, 3.63) is 35.7 Å². The second-order valence-corrected chi connectivity index (χ2v) is 6.77. The molecule has 0 bridgehead atoms. The first-order valence-corrected chi connectivity index (χ1v) is 7.97. The lowest BCUT2D eigenvalue weighted by atomic mass is 9.99. The molecule has 1 atom stereocenters. The fourth-order valence-corrected chi connectivity index (χ4v) is 3.58. The lowest BCUT2D eigenvalue weighted by Crippen LogP contribution is -2.09. The molecule has 1 unspecified atom stereocenters. The Bertz CT molecular complexity index is 693. The molecule has 0 fully saturated rings. The van der Waals surface area contributed by atoms with Gasteiger partial charge in [0.2, 0.25) is 0 Å². The first-order valence-electron chi connectivity index (χ1n) is 6.32. The zero-order valence-electron chi connectivity index (χ0n) is 11.4. The molecule has 108 valence electrons. The Labute approximate surface area is 118 Å². The van der Waals surface area contributed by atoms with Crippen LogP contribution < -0.4 is 5.73 Å². The maximum absolute atomic E-state index is 13.5. The van der Waals surface area contributed by atoms with Crippen molar-refractivity contribution >= 4 is 21.2 Å². The van der Waals surface area contributed by atoms with Crippen LogP contribution in [0.15, 0.2) is 40.0 Å². The quantitative estimate of drug-likeness (QED) is 0.927. The molecule has 0 radical (unpaired) electrons. The number of benzene rings is 1. The molecule has 0 aliphatic carbocycles. The molecule has 1 aromatic carbocycles. The van der Waals surface area contributed by atoms with Crippen molar-refractivity contribution in [2.24, 2.45) is 10.7 Å². The number of aliphatic imine (C=N–C) groups is 1. The standard InChI is InChI=1S/C14H17FN2O2S/c1-9-10(2)17-14-12(9)4-3-5-13(14)20(18,19)8-11(15)6-7-16/h3-6,9H,7-8,16H2,1-2H3/b11-6-. The van der Waals surface area contributed by atoms with Gasteiger partial charge in [-0.3, -0.25) is 4.99 Å². The Balaban J connectivity index is 2.48. The third kappa shape index (κ3) is 2.66. The van der Waals surface area contributed by atoms with E-state index in [4.69, 9.17) is 5.73 Å². The van der Waals surface area contributed by atoms with Gasteiger partial charge in [-0.15, -0.1) is 0 Å². The van der Waals surface area contributed by atoms with Gasteiger partial charge in [-0.2, -0.15) is 0 Å². The van der Waals surface area contributed by atoms with Crippen LogP contribution in [0.2, 0.25) is 0 Å². The maximum Gasteiger partial charge on any atom is 0.186 e. The molecule has 2 rings (SSSR count). The largest absolute Gasteiger partial charge is 0.327 e. The van der Waals surface area contributed by atoms with Crippen molar-refractivity contribution < 1.29 is 12.8 Å². The number of fused-ring (bicyclic) bond motifs is 1. The number of nitrogens with two attached hydrogens (primary N) is 1. The fraction of sp³-hybridized carbons (Fsp3) is 0.357. The highest BCUT2D eigenvalue weighted by atomic mass is 32.2. The van der Waals surface area contributed by atoms with Crippen LogP contribution in [-0.2, 0) is 9.84 Å². The molecule has 0 spiro atoms. The summed E-state index contributed by atoms with van der Waals surface area (Å²) in [5, 5.41) is 0. The van der Waals surface area contributed by atoms with Gasteiger partial charge in [0.05, 0.1) is 10.6 Å². The van der Waals surface area contributed by atoms with E-state index in [1.54, 1.807) is 6.07 Å². The third-order valence-electron chi connectivity index (χ3n) is 3.41. The topological polar surface area (TPSA) is 72.5 Å². The second kappa shape index (κ2) is 5.46. The maximum atomic E-state index is 13.5. The molecule has 2 N–H and O–H groups in total. The van der Waals surface area contributed by atoms with E-state index >= 15 is 0 Å². The van der Waals surface area contributed by atoms with Crippen LogP contribution in [0.25, 0.3) is 0 Å². The van der Waals surface area contributed by atoms with Crippen LogP contribution in [-0.4, -0.2) is 26.4 Å².